The molecule has 1 aromatic carbocycles. The van der Waals surface area contributed by atoms with Crippen molar-refractivity contribution in [3.63, 3.8) is 0 Å². The van der Waals surface area contributed by atoms with Crippen molar-refractivity contribution in [2.45, 2.75) is 24.0 Å². The van der Waals surface area contributed by atoms with Crippen molar-refractivity contribution in [3.8, 4) is 0 Å². The first kappa shape index (κ1) is 17.6. The zero-order valence-corrected chi connectivity index (χ0v) is 15.6. The van der Waals surface area contributed by atoms with Gasteiger partial charge in [0.2, 0.25) is 0 Å². The molecule has 25 heavy (non-hydrogen) atoms. The van der Waals surface area contributed by atoms with Gasteiger partial charge in [0.05, 0.1) is 10.7 Å². The Balaban J connectivity index is 1.46. The van der Waals surface area contributed by atoms with Crippen LogP contribution in [0.2, 0.25) is 0 Å². The largest absolute Gasteiger partial charge is 0.352 e. The van der Waals surface area contributed by atoms with E-state index in [1.165, 1.54) is 0 Å². The molecule has 0 atom stereocenters. The fourth-order valence-electron chi connectivity index (χ4n) is 2.29. The molecule has 0 saturated heterocycles. The second-order valence-electron chi connectivity index (χ2n) is 5.50. The average Bonchev–Trinajstić information content (AvgIpc) is 3.06. The summed E-state index contributed by atoms with van der Waals surface area (Å²) in [5, 5.41) is 6.11. The topological polar surface area (TPSA) is 54.9 Å². The van der Waals surface area contributed by atoms with Crippen LogP contribution in [0.1, 0.15) is 26.8 Å². The minimum atomic E-state index is -0.0531. The van der Waals surface area contributed by atoms with Crippen molar-refractivity contribution in [3.05, 3.63) is 76.0 Å². The van der Waals surface area contributed by atoms with Crippen LogP contribution in [-0.2, 0) is 12.2 Å². The van der Waals surface area contributed by atoms with Crippen LogP contribution in [0.4, 0.5) is 0 Å². The number of amides is 1. The van der Waals surface area contributed by atoms with Crippen LogP contribution < -0.4 is 5.32 Å². The van der Waals surface area contributed by atoms with Crippen molar-refractivity contribution in [2.24, 2.45) is 0 Å². The van der Waals surface area contributed by atoms with Crippen LogP contribution in [0.15, 0.2) is 58.9 Å². The maximum absolute atomic E-state index is 12.2. The van der Waals surface area contributed by atoms with Crippen LogP contribution in [0, 0.1) is 6.92 Å². The van der Waals surface area contributed by atoms with Gasteiger partial charge in [-0.2, -0.15) is 0 Å². The van der Waals surface area contributed by atoms with Gasteiger partial charge in [-0.15, -0.1) is 23.1 Å². The third kappa shape index (κ3) is 5.41. The van der Waals surface area contributed by atoms with Gasteiger partial charge in [0.25, 0.3) is 5.91 Å². The number of aromatic nitrogens is 2. The van der Waals surface area contributed by atoms with E-state index in [0.29, 0.717) is 12.1 Å². The number of benzene rings is 1. The summed E-state index contributed by atoms with van der Waals surface area (Å²) in [4.78, 5) is 22.0. The predicted octanol–water partition coefficient (Wildman–Crippen LogP) is 4.11. The normalized spacial score (nSPS) is 10.6. The van der Waals surface area contributed by atoms with Gasteiger partial charge in [0.1, 0.15) is 0 Å². The number of hydrogen-bond acceptors (Lipinski definition) is 5. The molecule has 1 amide bonds. The highest BCUT2D eigenvalue weighted by Crippen LogP contribution is 2.23. The van der Waals surface area contributed by atoms with Gasteiger partial charge in [-0.05, 0) is 43.3 Å². The van der Waals surface area contributed by atoms with Gasteiger partial charge in [0.15, 0.2) is 0 Å². The smallest absolute Gasteiger partial charge is 0.251 e. The lowest BCUT2D eigenvalue weighted by Gasteiger charge is -2.06. The molecular formula is C19H19N3OS2. The van der Waals surface area contributed by atoms with Crippen molar-refractivity contribution >= 4 is 29.0 Å². The fourth-order valence-corrected chi connectivity index (χ4v) is 3.80. The minimum absolute atomic E-state index is 0.0531. The molecule has 0 aliphatic carbocycles. The van der Waals surface area contributed by atoms with Crippen LogP contribution in [0.25, 0.3) is 0 Å². The van der Waals surface area contributed by atoms with Crippen molar-refractivity contribution in [2.75, 3.05) is 6.54 Å². The molecule has 2 heterocycles. The number of pyridine rings is 1. The molecule has 0 aliphatic rings. The molecule has 0 bridgehead atoms. The molecule has 2 aromatic heterocycles. The Bertz CT molecular complexity index is 816. The van der Waals surface area contributed by atoms with Crippen LogP contribution in [-0.4, -0.2) is 22.4 Å². The van der Waals surface area contributed by atoms with Crippen LogP contribution >= 0.6 is 23.1 Å². The lowest BCUT2D eigenvalue weighted by atomic mass is 10.2. The van der Waals surface area contributed by atoms with Gasteiger partial charge in [-0.1, -0.05) is 6.07 Å². The Kier molecular flexibility index (Phi) is 6.19. The summed E-state index contributed by atoms with van der Waals surface area (Å²) in [6.45, 7) is 2.59. The Hall–Kier alpha value is -2.18. The van der Waals surface area contributed by atoms with E-state index in [9.17, 15) is 4.79 Å². The lowest BCUT2D eigenvalue weighted by molar-refractivity contribution is 0.0954. The number of nitrogens with one attached hydrogen (secondary N) is 1. The number of thioether (sulfide) groups is 1. The van der Waals surface area contributed by atoms with Crippen molar-refractivity contribution < 1.29 is 4.79 Å². The zero-order valence-electron chi connectivity index (χ0n) is 13.9. The van der Waals surface area contributed by atoms with E-state index < -0.39 is 0 Å². The Morgan fingerprint density at radius 2 is 2.00 bits per heavy atom. The number of carbonyl (C=O) groups is 1. The van der Waals surface area contributed by atoms with E-state index in [4.69, 9.17) is 0 Å². The van der Waals surface area contributed by atoms with Crippen LogP contribution in [0.5, 0.6) is 0 Å². The van der Waals surface area contributed by atoms with E-state index in [1.807, 2.05) is 49.4 Å². The summed E-state index contributed by atoms with van der Waals surface area (Å²) >= 11 is 3.40. The van der Waals surface area contributed by atoms with E-state index in [-0.39, 0.29) is 5.91 Å². The number of rotatable bonds is 7. The molecule has 0 fully saturated rings. The summed E-state index contributed by atoms with van der Waals surface area (Å²) in [5.74, 6) is 0.794. The summed E-state index contributed by atoms with van der Waals surface area (Å²) < 4.78 is 0. The molecule has 3 rings (SSSR count). The number of carbonyl (C=O) groups excluding carboxylic acids is 1. The van der Waals surface area contributed by atoms with E-state index >= 15 is 0 Å². The third-order valence-corrected chi connectivity index (χ3v) is 5.43. The monoisotopic (exact) mass is 369 g/mol. The van der Waals surface area contributed by atoms with Gasteiger partial charge < -0.3 is 5.32 Å². The average molecular weight is 370 g/mol. The maximum Gasteiger partial charge on any atom is 0.251 e. The highest BCUT2D eigenvalue weighted by molar-refractivity contribution is 7.98. The summed E-state index contributed by atoms with van der Waals surface area (Å²) in [5.41, 5.74) is 2.76. The van der Waals surface area contributed by atoms with Crippen LogP contribution in [0.3, 0.4) is 0 Å². The second kappa shape index (κ2) is 8.78. The van der Waals surface area contributed by atoms with Gasteiger partial charge in [-0.25, -0.2) is 4.98 Å². The minimum Gasteiger partial charge on any atom is -0.352 e. The first-order valence-electron chi connectivity index (χ1n) is 8.03. The molecule has 6 heteroatoms. The Morgan fingerprint density at radius 3 is 2.68 bits per heavy atom. The van der Waals surface area contributed by atoms with E-state index in [0.717, 1.165) is 33.5 Å². The number of hydrogen-bond donors (Lipinski definition) is 1. The molecule has 0 unspecified atom stereocenters. The van der Waals surface area contributed by atoms with Gasteiger partial charge >= 0.3 is 0 Å². The molecule has 4 nitrogen and oxygen atoms in total. The van der Waals surface area contributed by atoms with E-state index in [1.54, 1.807) is 29.3 Å². The summed E-state index contributed by atoms with van der Waals surface area (Å²) in [6.07, 6.45) is 2.49. The first-order chi connectivity index (χ1) is 12.2. The predicted molar refractivity (Wildman–Crippen MR) is 103 cm³/mol. The maximum atomic E-state index is 12.2. The number of aryl methyl sites for hydroxylation is 1. The first-order valence-corrected chi connectivity index (χ1v) is 9.89. The van der Waals surface area contributed by atoms with Crippen molar-refractivity contribution in [1.29, 1.82) is 0 Å². The lowest BCUT2D eigenvalue weighted by Crippen LogP contribution is -2.25. The van der Waals surface area contributed by atoms with Crippen molar-refractivity contribution in [1.82, 2.24) is 15.3 Å². The third-order valence-electron chi connectivity index (χ3n) is 3.56. The standard InChI is InChI=1S/C19H19N3OS2/c1-14-22-17(12-24-14)13-25-18-7-5-15(6-8-18)19(23)21-11-9-16-4-2-3-10-20-16/h2-8,10,12H,9,11,13H2,1H3,(H,21,23). The molecule has 128 valence electrons. The highest BCUT2D eigenvalue weighted by Gasteiger charge is 2.06. The Morgan fingerprint density at radius 1 is 1.16 bits per heavy atom. The van der Waals surface area contributed by atoms with Gasteiger partial charge in [-0.3, -0.25) is 9.78 Å². The number of nitrogens with zero attached hydrogens (tertiary/aromatic N) is 2. The second-order valence-corrected chi connectivity index (χ2v) is 7.61. The highest BCUT2D eigenvalue weighted by atomic mass is 32.2. The van der Waals surface area contributed by atoms with Gasteiger partial charge in [0, 0.05) is 46.4 Å². The molecule has 0 spiro atoms. The zero-order chi connectivity index (χ0) is 17.5. The molecule has 0 saturated carbocycles. The molecule has 1 N–H and O–H groups in total. The fraction of sp³-hybridized carbons (Fsp3) is 0.211. The summed E-state index contributed by atoms with van der Waals surface area (Å²) in [6, 6.07) is 13.5. The molecular weight excluding hydrogens is 350 g/mol. The SMILES string of the molecule is Cc1nc(CSc2ccc(C(=O)NCCc3ccccn3)cc2)cs1. The molecule has 3 aromatic rings. The number of thiazole rings is 1. The van der Waals surface area contributed by atoms with E-state index in [2.05, 4.69) is 20.7 Å². The Labute approximate surface area is 155 Å². The molecule has 0 radical (unpaired) electrons. The quantitative estimate of drug-likeness (QED) is 0.637. The molecule has 0 aliphatic heterocycles. The summed E-state index contributed by atoms with van der Waals surface area (Å²) in [7, 11) is 0.